The van der Waals surface area contributed by atoms with Gasteiger partial charge in [-0.25, -0.2) is 4.98 Å². The molecule has 4 aromatic rings. The van der Waals surface area contributed by atoms with E-state index in [1.807, 2.05) is 25.1 Å². The SMILES string of the molecule is Cc1ccc(-c2nc3cc(Cl)ccc3o2)cc1N=CC=Cc1cccc([N+](=O)[O-])c1. The van der Waals surface area contributed by atoms with Gasteiger partial charge in [-0.15, -0.1) is 0 Å². The van der Waals surface area contributed by atoms with Gasteiger partial charge in [0.1, 0.15) is 5.52 Å². The monoisotopic (exact) mass is 417 g/mol. The van der Waals surface area contributed by atoms with E-state index in [1.165, 1.54) is 12.1 Å². The number of fused-ring (bicyclic) bond motifs is 1. The second-order valence-electron chi connectivity index (χ2n) is 6.62. The predicted octanol–water partition coefficient (Wildman–Crippen LogP) is 6.78. The molecule has 0 amide bonds. The van der Waals surface area contributed by atoms with Gasteiger partial charge in [0.25, 0.3) is 5.69 Å². The Morgan fingerprint density at radius 1 is 1.13 bits per heavy atom. The third kappa shape index (κ3) is 4.29. The molecule has 0 aliphatic rings. The molecule has 0 unspecified atom stereocenters. The fraction of sp³-hybridized carbons (Fsp3) is 0.0435. The Kier molecular flexibility index (Phi) is 5.41. The minimum atomic E-state index is -0.416. The van der Waals surface area contributed by atoms with Crippen molar-refractivity contribution in [3.8, 4) is 11.5 Å². The Morgan fingerprint density at radius 3 is 2.83 bits per heavy atom. The molecule has 0 N–H and O–H groups in total. The maximum atomic E-state index is 10.9. The Morgan fingerprint density at radius 2 is 2.00 bits per heavy atom. The van der Waals surface area contributed by atoms with E-state index in [0.29, 0.717) is 22.0 Å². The molecule has 4 rings (SSSR count). The molecule has 30 heavy (non-hydrogen) atoms. The van der Waals surface area contributed by atoms with Gasteiger partial charge in [-0.1, -0.05) is 35.9 Å². The molecule has 0 saturated carbocycles. The standard InChI is InChI=1S/C23H16ClN3O3/c1-15-7-8-17(23-26-21-14-18(24)9-10-22(21)30-23)13-20(15)25-11-3-5-16-4-2-6-19(12-16)27(28)29/h2-14H,1H3. The lowest BCUT2D eigenvalue weighted by Crippen LogP contribution is -1.87. The summed E-state index contributed by atoms with van der Waals surface area (Å²) in [6, 6.07) is 17.5. The first-order valence-corrected chi connectivity index (χ1v) is 9.50. The van der Waals surface area contributed by atoms with E-state index >= 15 is 0 Å². The smallest absolute Gasteiger partial charge is 0.270 e. The minimum absolute atomic E-state index is 0.0530. The molecule has 0 radical (unpaired) electrons. The molecule has 0 fully saturated rings. The summed E-state index contributed by atoms with van der Waals surface area (Å²) in [6.07, 6.45) is 5.16. The van der Waals surface area contributed by atoms with E-state index in [4.69, 9.17) is 16.0 Å². The van der Waals surface area contributed by atoms with Crippen LogP contribution in [0.1, 0.15) is 11.1 Å². The highest BCUT2D eigenvalue weighted by Crippen LogP contribution is 2.30. The second kappa shape index (κ2) is 8.31. The molecule has 3 aromatic carbocycles. The van der Waals surface area contributed by atoms with Crippen LogP contribution in [0.4, 0.5) is 11.4 Å². The third-order valence-corrected chi connectivity index (χ3v) is 4.71. The van der Waals surface area contributed by atoms with Crippen molar-refractivity contribution in [2.24, 2.45) is 4.99 Å². The van der Waals surface area contributed by atoms with Crippen molar-refractivity contribution in [3.05, 3.63) is 93.0 Å². The normalized spacial score (nSPS) is 11.7. The molecule has 0 bridgehead atoms. The van der Waals surface area contributed by atoms with E-state index in [9.17, 15) is 10.1 Å². The topological polar surface area (TPSA) is 81.5 Å². The number of hydrogen-bond acceptors (Lipinski definition) is 5. The van der Waals surface area contributed by atoms with Crippen LogP contribution < -0.4 is 0 Å². The minimum Gasteiger partial charge on any atom is -0.436 e. The summed E-state index contributed by atoms with van der Waals surface area (Å²) in [5.74, 6) is 0.496. The molecule has 6 nitrogen and oxygen atoms in total. The van der Waals surface area contributed by atoms with Crippen LogP contribution in [0.15, 0.2) is 76.1 Å². The van der Waals surface area contributed by atoms with E-state index in [1.54, 1.807) is 48.7 Å². The van der Waals surface area contributed by atoms with Gasteiger partial charge in [0.15, 0.2) is 5.58 Å². The summed E-state index contributed by atoms with van der Waals surface area (Å²) in [6.45, 7) is 1.96. The highest BCUT2D eigenvalue weighted by Gasteiger charge is 2.10. The molecule has 0 atom stereocenters. The first kappa shape index (κ1) is 19.5. The van der Waals surface area contributed by atoms with Gasteiger partial charge in [-0.05, 0) is 54.5 Å². The van der Waals surface area contributed by atoms with Crippen molar-refractivity contribution >= 4 is 46.4 Å². The summed E-state index contributed by atoms with van der Waals surface area (Å²) in [5, 5.41) is 11.5. The molecule has 0 aliphatic carbocycles. The van der Waals surface area contributed by atoms with Crippen LogP contribution >= 0.6 is 11.6 Å². The number of oxazole rings is 1. The van der Waals surface area contributed by atoms with Gasteiger partial charge in [0, 0.05) is 28.9 Å². The number of nitro benzene ring substituents is 1. The van der Waals surface area contributed by atoms with Crippen molar-refractivity contribution in [1.82, 2.24) is 4.98 Å². The maximum Gasteiger partial charge on any atom is 0.270 e. The molecule has 1 heterocycles. The van der Waals surface area contributed by atoms with Crippen molar-refractivity contribution in [1.29, 1.82) is 0 Å². The van der Waals surface area contributed by atoms with Gasteiger partial charge in [0.2, 0.25) is 5.89 Å². The van der Waals surface area contributed by atoms with Crippen molar-refractivity contribution in [3.63, 3.8) is 0 Å². The zero-order valence-corrected chi connectivity index (χ0v) is 16.7. The van der Waals surface area contributed by atoms with Gasteiger partial charge in [0.05, 0.1) is 10.6 Å². The van der Waals surface area contributed by atoms with Crippen LogP contribution in [-0.2, 0) is 0 Å². The maximum absolute atomic E-state index is 10.9. The van der Waals surface area contributed by atoms with Crippen LogP contribution in [0.3, 0.4) is 0 Å². The van der Waals surface area contributed by atoms with Gasteiger partial charge in [-0.3, -0.25) is 15.1 Å². The number of nitro groups is 1. The number of benzene rings is 3. The number of halogens is 1. The van der Waals surface area contributed by atoms with Crippen LogP contribution in [0.5, 0.6) is 0 Å². The average Bonchev–Trinajstić information content (AvgIpc) is 3.15. The Bertz CT molecular complexity index is 1310. The van der Waals surface area contributed by atoms with E-state index in [-0.39, 0.29) is 5.69 Å². The largest absolute Gasteiger partial charge is 0.436 e. The lowest BCUT2D eigenvalue weighted by Gasteiger charge is -2.02. The number of hydrogen-bond donors (Lipinski definition) is 0. The quantitative estimate of drug-likeness (QED) is 0.203. The fourth-order valence-electron chi connectivity index (χ4n) is 2.93. The molecule has 0 aliphatic heterocycles. The molecule has 148 valence electrons. The number of non-ortho nitro benzene ring substituents is 1. The number of rotatable bonds is 5. The second-order valence-corrected chi connectivity index (χ2v) is 7.06. The Balaban J connectivity index is 1.57. The molecular weight excluding hydrogens is 402 g/mol. The summed E-state index contributed by atoms with van der Waals surface area (Å²) >= 11 is 6.02. The van der Waals surface area contributed by atoms with E-state index in [2.05, 4.69) is 9.98 Å². The first-order chi connectivity index (χ1) is 14.5. The summed E-state index contributed by atoms with van der Waals surface area (Å²) in [7, 11) is 0. The number of aryl methyl sites for hydroxylation is 1. The average molecular weight is 418 g/mol. The van der Waals surface area contributed by atoms with Crippen molar-refractivity contribution in [2.45, 2.75) is 6.92 Å². The first-order valence-electron chi connectivity index (χ1n) is 9.12. The Hall–Kier alpha value is -3.77. The third-order valence-electron chi connectivity index (χ3n) is 4.48. The van der Waals surface area contributed by atoms with E-state index in [0.717, 1.165) is 22.4 Å². The molecule has 0 saturated heterocycles. The van der Waals surface area contributed by atoms with Gasteiger partial charge in [-0.2, -0.15) is 0 Å². The van der Waals surface area contributed by atoms with Gasteiger partial charge >= 0.3 is 0 Å². The van der Waals surface area contributed by atoms with Crippen molar-refractivity contribution in [2.75, 3.05) is 0 Å². The predicted molar refractivity (Wildman–Crippen MR) is 119 cm³/mol. The Labute approximate surface area is 177 Å². The van der Waals surface area contributed by atoms with Crippen LogP contribution in [-0.4, -0.2) is 16.1 Å². The molecule has 1 aromatic heterocycles. The summed E-state index contributed by atoms with van der Waals surface area (Å²) in [5.41, 5.74) is 4.73. The molecular formula is C23H16ClN3O3. The van der Waals surface area contributed by atoms with Gasteiger partial charge < -0.3 is 4.42 Å². The highest BCUT2D eigenvalue weighted by molar-refractivity contribution is 6.31. The summed E-state index contributed by atoms with van der Waals surface area (Å²) in [4.78, 5) is 19.4. The zero-order chi connectivity index (χ0) is 21.1. The number of aromatic nitrogens is 1. The van der Waals surface area contributed by atoms with Crippen LogP contribution in [0.25, 0.3) is 28.6 Å². The highest BCUT2D eigenvalue weighted by atomic mass is 35.5. The molecule has 7 heteroatoms. The lowest BCUT2D eigenvalue weighted by molar-refractivity contribution is -0.384. The summed E-state index contributed by atoms with van der Waals surface area (Å²) < 4.78 is 5.83. The van der Waals surface area contributed by atoms with Crippen LogP contribution in [0, 0.1) is 17.0 Å². The zero-order valence-electron chi connectivity index (χ0n) is 15.9. The van der Waals surface area contributed by atoms with Crippen LogP contribution in [0.2, 0.25) is 5.02 Å². The fourth-order valence-corrected chi connectivity index (χ4v) is 3.09. The number of aliphatic imine (C=N–C) groups is 1. The van der Waals surface area contributed by atoms with E-state index < -0.39 is 4.92 Å². The number of nitrogens with zero attached hydrogens (tertiary/aromatic N) is 3. The molecule has 0 spiro atoms. The lowest BCUT2D eigenvalue weighted by atomic mass is 10.1. The number of allylic oxidation sites excluding steroid dienone is 1. The van der Waals surface area contributed by atoms with Crippen molar-refractivity contribution < 1.29 is 9.34 Å².